The second-order valence-electron chi connectivity index (χ2n) is 11.6. The van der Waals surface area contributed by atoms with Crippen molar-refractivity contribution in [2.24, 2.45) is 5.92 Å². The van der Waals surface area contributed by atoms with Crippen molar-refractivity contribution in [2.75, 3.05) is 20.9 Å². The van der Waals surface area contributed by atoms with E-state index in [0.29, 0.717) is 30.6 Å². The zero-order valence-corrected chi connectivity index (χ0v) is 29.3. The summed E-state index contributed by atoms with van der Waals surface area (Å²) in [6.07, 6.45) is 3.89. The van der Waals surface area contributed by atoms with Crippen molar-refractivity contribution in [2.45, 2.75) is 71.1 Å². The van der Waals surface area contributed by atoms with E-state index in [0.717, 1.165) is 31.9 Å². The van der Waals surface area contributed by atoms with Gasteiger partial charge in [0.25, 0.3) is 11.8 Å². The Kier molecular flexibility index (Phi) is 16.4. The van der Waals surface area contributed by atoms with Gasteiger partial charge in [0.1, 0.15) is 18.4 Å². The highest BCUT2D eigenvalue weighted by Gasteiger charge is 2.32. The quantitative estimate of drug-likeness (QED) is 0.0479. The standard InChI is InChI=1S/C37H46N4O10/c1-5-7-9-14-28(30(6-2)41(24-42)50-22-25-12-10-8-11-13-25)35(45)38-23-39-36(46)32-20-19-31(51-32)26-15-17-27(18-16-26)34(44)40-29(37(47)49-4)21-33(43)48-3/h8,10-13,15-20,24,28-30H,5-7,9,14,21-23H2,1-4H3,(H,38,45)(H,39,46)(H,40,44)/t28-,29+,30-/m1/s1. The first-order chi connectivity index (χ1) is 24.6. The molecule has 3 N–H and O–H groups in total. The molecule has 3 rings (SSSR count). The van der Waals surface area contributed by atoms with Gasteiger partial charge in [0.15, 0.2) is 5.76 Å². The lowest BCUT2D eigenvalue weighted by Crippen LogP contribution is -2.48. The number of ether oxygens (including phenoxy) is 2. The van der Waals surface area contributed by atoms with E-state index in [9.17, 15) is 28.8 Å². The molecule has 14 nitrogen and oxygen atoms in total. The van der Waals surface area contributed by atoms with Gasteiger partial charge in [-0.05, 0) is 42.7 Å². The van der Waals surface area contributed by atoms with E-state index in [-0.39, 0.29) is 30.5 Å². The molecule has 0 saturated heterocycles. The summed E-state index contributed by atoms with van der Waals surface area (Å²) >= 11 is 0. The SMILES string of the molecule is CCCCC[C@@H](C(=O)NCNC(=O)c1ccc(-c2ccc(C(=O)N[C@@H](CC(=O)OC)C(=O)OC)cc2)o1)[C@@H](CC)N(C=O)OCc1ccccc1. The molecule has 0 bridgehead atoms. The van der Waals surface area contributed by atoms with Crippen LogP contribution < -0.4 is 16.0 Å². The van der Waals surface area contributed by atoms with Crippen molar-refractivity contribution in [1.82, 2.24) is 21.0 Å². The van der Waals surface area contributed by atoms with Crippen LogP contribution in [0.15, 0.2) is 71.1 Å². The zero-order chi connectivity index (χ0) is 37.2. The predicted molar refractivity (Wildman–Crippen MR) is 185 cm³/mol. The molecule has 0 aliphatic carbocycles. The first-order valence-corrected chi connectivity index (χ1v) is 16.8. The third kappa shape index (κ3) is 12.1. The molecule has 0 radical (unpaired) electrons. The maximum Gasteiger partial charge on any atom is 0.328 e. The van der Waals surface area contributed by atoms with E-state index in [4.69, 9.17) is 9.25 Å². The van der Waals surface area contributed by atoms with E-state index in [1.54, 1.807) is 18.2 Å². The highest BCUT2D eigenvalue weighted by atomic mass is 16.7. The number of methoxy groups -OCH3 is 2. The number of hydrogen-bond donors (Lipinski definition) is 3. The summed E-state index contributed by atoms with van der Waals surface area (Å²) in [6, 6.07) is 16.9. The molecule has 51 heavy (non-hydrogen) atoms. The predicted octanol–water partition coefficient (Wildman–Crippen LogP) is 4.15. The molecule has 0 saturated carbocycles. The monoisotopic (exact) mass is 706 g/mol. The lowest BCUT2D eigenvalue weighted by atomic mass is 9.90. The number of benzene rings is 2. The van der Waals surface area contributed by atoms with Crippen LogP contribution in [0.5, 0.6) is 0 Å². The molecular weight excluding hydrogens is 660 g/mol. The van der Waals surface area contributed by atoms with Gasteiger partial charge in [0, 0.05) is 11.1 Å². The number of carbonyl (C=O) groups excluding carboxylic acids is 6. The van der Waals surface area contributed by atoms with Gasteiger partial charge in [0.05, 0.1) is 39.3 Å². The second-order valence-corrected chi connectivity index (χ2v) is 11.6. The summed E-state index contributed by atoms with van der Waals surface area (Å²) in [4.78, 5) is 80.6. The lowest BCUT2D eigenvalue weighted by Gasteiger charge is -2.32. The average molecular weight is 707 g/mol. The molecule has 2 aromatic carbocycles. The molecule has 1 aromatic heterocycles. The molecule has 0 spiro atoms. The Bertz CT molecular complexity index is 1590. The van der Waals surface area contributed by atoms with Gasteiger partial charge < -0.3 is 29.8 Å². The number of hydroxylamine groups is 2. The molecule has 0 aliphatic heterocycles. The van der Waals surface area contributed by atoms with E-state index in [1.165, 1.54) is 30.4 Å². The van der Waals surface area contributed by atoms with Gasteiger partial charge in [-0.2, -0.15) is 0 Å². The maximum absolute atomic E-state index is 13.4. The number of hydrogen-bond acceptors (Lipinski definition) is 10. The molecule has 1 heterocycles. The molecule has 4 amide bonds. The third-order valence-electron chi connectivity index (χ3n) is 8.15. The van der Waals surface area contributed by atoms with Gasteiger partial charge in [-0.1, -0.05) is 75.6 Å². The summed E-state index contributed by atoms with van der Waals surface area (Å²) in [5, 5.41) is 9.08. The molecule has 0 aliphatic rings. The highest BCUT2D eigenvalue weighted by Crippen LogP contribution is 2.24. The average Bonchev–Trinajstić information content (AvgIpc) is 3.66. The Morgan fingerprint density at radius 2 is 1.59 bits per heavy atom. The number of carbonyl (C=O) groups is 6. The minimum atomic E-state index is -1.23. The minimum absolute atomic E-state index is 0.00262. The zero-order valence-electron chi connectivity index (χ0n) is 29.3. The van der Waals surface area contributed by atoms with Crippen LogP contribution in [0.3, 0.4) is 0 Å². The summed E-state index contributed by atoms with van der Waals surface area (Å²) in [5.41, 5.74) is 1.65. The van der Waals surface area contributed by atoms with Gasteiger partial charge in [-0.15, -0.1) is 0 Å². The molecule has 14 heteroatoms. The number of rotatable bonds is 21. The third-order valence-corrected chi connectivity index (χ3v) is 8.15. The largest absolute Gasteiger partial charge is 0.469 e. The number of amides is 4. The maximum atomic E-state index is 13.4. The molecule has 3 atom stereocenters. The van der Waals surface area contributed by atoms with Crippen LogP contribution in [0.2, 0.25) is 0 Å². The van der Waals surface area contributed by atoms with E-state index < -0.39 is 48.2 Å². The first-order valence-electron chi connectivity index (χ1n) is 16.8. The molecule has 274 valence electrons. The van der Waals surface area contributed by atoms with Crippen LogP contribution in [0.1, 0.15) is 78.8 Å². The molecule has 3 aromatic rings. The van der Waals surface area contributed by atoms with Gasteiger partial charge in [0.2, 0.25) is 12.3 Å². The number of furan rings is 1. The van der Waals surface area contributed by atoms with E-state index in [2.05, 4.69) is 32.3 Å². The Balaban J connectivity index is 1.59. The molecular formula is C37H46N4O10. The van der Waals surface area contributed by atoms with Crippen LogP contribution in [0.4, 0.5) is 0 Å². The highest BCUT2D eigenvalue weighted by molar-refractivity contribution is 5.98. The van der Waals surface area contributed by atoms with Crippen molar-refractivity contribution in [1.29, 1.82) is 0 Å². The van der Waals surface area contributed by atoms with E-state index >= 15 is 0 Å². The molecule has 0 unspecified atom stereocenters. The number of unbranched alkanes of at least 4 members (excludes halogenated alkanes) is 2. The Labute approximate surface area is 297 Å². The summed E-state index contributed by atoms with van der Waals surface area (Å²) in [7, 11) is 2.31. The number of esters is 2. The normalized spacial score (nSPS) is 12.5. The number of nitrogens with zero attached hydrogens (tertiary/aromatic N) is 1. The van der Waals surface area contributed by atoms with Crippen LogP contribution in [0.25, 0.3) is 11.3 Å². The van der Waals surface area contributed by atoms with Crippen LogP contribution in [-0.2, 0) is 40.1 Å². The first kappa shape index (κ1) is 39.9. The fourth-order valence-electron chi connectivity index (χ4n) is 5.34. The fraction of sp³-hybridized carbons (Fsp3) is 0.405. The van der Waals surface area contributed by atoms with Crippen LogP contribution >= 0.6 is 0 Å². The topological polar surface area (TPSA) is 183 Å². The van der Waals surface area contributed by atoms with Crippen LogP contribution in [-0.4, -0.2) is 74.1 Å². The van der Waals surface area contributed by atoms with Crippen molar-refractivity contribution < 1.29 is 47.5 Å². The van der Waals surface area contributed by atoms with Crippen molar-refractivity contribution in [3.8, 4) is 11.3 Å². The smallest absolute Gasteiger partial charge is 0.328 e. The Morgan fingerprint density at radius 3 is 2.22 bits per heavy atom. The summed E-state index contributed by atoms with van der Waals surface area (Å²) < 4.78 is 15.0. The van der Waals surface area contributed by atoms with Gasteiger partial charge in [-0.25, -0.2) is 9.86 Å². The lowest BCUT2D eigenvalue weighted by molar-refractivity contribution is -0.200. The summed E-state index contributed by atoms with van der Waals surface area (Å²) in [6.45, 7) is 3.96. The Hall–Kier alpha value is -5.50. The molecule has 0 fully saturated rings. The van der Waals surface area contributed by atoms with Crippen molar-refractivity contribution in [3.63, 3.8) is 0 Å². The van der Waals surface area contributed by atoms with Crippen molar-refractivity contribution >= 4 is 36.1 Å². The van der Waals surface area contributed by atoms with Gasteiger partial charge in [-0.3, -0.25) is 28.8 Å². The minimum Gasteiger partial charge on any atom is -0.469 e. The van der Waals surface area contributed by atoms with Gasteiger partial charge >= 0.3 is 11.9 Å². The number of nitrogens with one attached hydrogen (secondary N) is 3. The van der Waals surface area contributed by atoms with E-state index in [1.807, 2.05) is 37.3 Å². The second kappa shape index (κ2) is 20.9. The fourth-order valence-corrected chi connectivity index (χ4v) is 5.34. The summed E-state index contributed by atoms with van der Waals surface area (Å²) in [5.74, 6) is -3.20. The van der Waals surface area contributed by atoms with Crippen LogP contribution in [0, 0.1) is 5.92 Å². The van der Waals surface area contributed by atoms with Crippen molar-refractivity contribution in [3.05, 3.63) is 83.6 Å². The Morgan fingerprint density at radius 1 is 0.863 bits per heavy atom.